The van der Waals surface area contributed by atoms with E-state index in [9.17, 15) is 4.79 Å². The van der Waals surface area contributed by atoms with E-state index >= 15 is 0 Å². The molecule has 1 aliphatic heterocycles. The minimum absolute atomic E-state index is 0.0645. The van der Waals surface area contributed by atoms with E-state index in [1.54, 1.807) is 18.2 Å². The van der Waals surface area contributed by atoms with Crippen molar-refractivity contribution in [3.05, 3.63) is 53.5 Å². The number of para-hydroxylation sites is 1. The van der Waals surface area contributed by atoms with Crippen molar-refractivity contribution in [3.63, 3.8) is 0 Å². The predicted molar refractivity (Wildman–Crippen MR) is 95.4 cm³/mol. The van der Waals surface area contributed by atoms with E-state index in [0.717, 1.165) is 18.5 Å². The smallest absolute Gasteiger partial charge is 0.289 e. The van der Waals surface area contributed by atoms with Crippen molar-refractivity contribution in [1.29, 1.82) is 0 Å². The SMILES string of the molecule is CNCCN(C)C(=O)c1occc1CN1c2ccccc2C[C@@H]1C. The zero-order chi connectivity index (χ0) is 17.1. The molecule has 3 rings (SSSR count). The van der Waals surface area contributed by atoms with Gasteiger partial charge < -0.3 is 19.5 Å². The number of rotatable bonds is 6. The number of amides is 1. The van der Waals surface area contributed by atoms with Crippen molar-refractivity contribution < 1.29 is 9.21 Å². The Hall–Kier alpha value is -2.27. The predicted octanol–water partition coefficient (Wildman–Crippen LogP) is 2.52. The van der Waals surface area contributed by atoms with Crippen molar-refractivity contribution in [2.45, 2.75) is 25.9 Å². The first kappa shape index (κ1) is 16.6. The summed E-state index contributed by atoms with van der Waals surface area (Å²) in [4.78, 5) is 16.7. The highest BCUT2D eigenvalue weighted by Gasteiger charge is 2.28. The lowest BCUT2D eigenvalue weighted by molar-refractivity contribution is 0.0764. The number of carbonyl (C=O) groups excluding carboxylic acids is 1. The third-order valence-electron chi connectivity index (χ3n) is 4.67. The van der Waals surface area contributed by atoms with E-state index in [1.165, 1.54) is 11.3 Å². The summed E-state index contributed by atoms with van der Waals surface area (Å²) in [5.41, 5.74) is 3.57. The lowest BCUT2D eigenvalue weighted by Crippen LogP contribution is -2.34. The summed E-state index contributed by atoms with van der Waals surface area (Å²) in [6.07, 6.45) is 2.65. The average molecular weight is 327 g/mol. The summed E-state index contributed by atoms with van der Waals surface area (Å²) in [5.74, 6) is 0.385. The van der Waals surface area contributed by atoms with Gasteiger partial charge in [0, 0.05) is 44.0 Å². The van der Waals surface area contributed by atoms with E-state index in [1.807, 2.05) is 13.1 Å². The number of nitrogens with one attached hydrogen (secondary N) is 1. The zero-order valence-corrected chi connectivity index (χ0v) is 14.6. The summed E-state index contributed by atoms with van der Waals surface area (Å²) in [7, 11) is 3.68. The Kier molecular flexibility index (Phi) is 4.90. The molecule has 24 heavy (non-hydrogen) atoms. The molecule has 2 aromatic rings. The highest BCUT2D eigenvalue weighted by molar-refractivity contribution is 5.92. The van der Waals surface area contributed by atoms with Gasteiger partial charge in [0.15, 0.2) is 5.76 Å². The Bertz CT molecular complexity index is 710. The van der Waals surface area contributed by atoms with Crippen LogP contribution in [0.4, 0.5) is 5.69 Å². The number of likely N-dealkylation sites (N-methyl/N-ethyl adjacent to an activating group) is 2. The van der Waals surface area contributed by atoms with Gasteiger partial charge in [-0.25, -0.2) is 0 Å². The highest BCUT2D eigenvalue weighted by Crippen LogP contribution is 2.33. The van der Waals surface area contributed by atoms with Gasteiger partial charge in [0.05, 0.1) is 6.26 Å². The molecule has 1 atom stereocenters. The van der Waals surface area contributed by atoms with Crippen molar-refractivity contribution in [1.82, 2.24) is 10.2 Å². The second kappa shape index (κ2) is 7.09. The summed E-state index contributed by atoms with van der Waals surface area (Å²) in [6.45, 7) is 4.32. The van der Waals surface area contributed by atoms with Crippen molar-refractivity contribution in [2.75, 3.05) is 32.1 Å². The van der Waals surface area contributed by atoms with Crippen molar-refractivity contribution in [2.24, 2.45) is 0 Å². The van der Waals surface area contributed by atoms with Crippen LogP contribution >= 0.6 is 0 Å². The molecule has 1 aromatic heterocycles. The standard InChI is InChI=1S/C19H25N3O2/c1-14-12-15-6-4-5-7-17(15)22(14)13-16-8-11-24-18(16)19(23)21(3)10-9-20-2/h4-8,11,14,20H,9-10,12-13H2,1-3H3/t14-/m0/s1. The molecule has 5 heteroatoms. The maximum Gasteiger partial charge on any atom is 0.289 e. The Morgan fingerprint density at radius 2 is 2.17 bits per heavy atom. The first-order valence-electron chi connectivity index (χ1n) is 8.42. The molecule has 0 fully saturated rings. The lowest BCUT2D eigenvalue weighted by Gasteiger charge is -2.25. The molecule has 2 heterocycles. The van der Waals surface area contributed by atoms with E-state index in [-0.39, 0.29) is 5.91 Å². The zero-order valence-electron chi connectivity index (χ0n) is 14.6. The molecule has 128 valence electrons. The Morgan fingerprint density at radius 3 is 2.96 bits per heavy atom. The number of hydrogen-bond acceptors (Lipinski definition) is 4. The van der Waals surface area contributed by atoms with Crippen LogP contribution in [0.5, 0.6) is 0 Å². The third-order valence-corrected chi connectivity index (χ3v) is 4.67. The maximum atomic E-state index is 12.6. The van der Waals surface area contributed by atoms with Crippen LogP contribution in [0.2, 0.25) is 0 Å². The minimum atomic E-state index is -0.0645. The van der Waals surface area contributed by atoms with Crippen LogP contribution in [-0.2, 0) is 13.0 Å². The molecule has 0 spiro atoms. The number of nitrogens with zero attached hydrogens (tertiary/aromatic N) is 2. The van der Waals surface area contributed by atoms with Crippen LogP contribution in [0.15, 0.2) is 41.0 Å². The average Bonchev–Trinajstić information content (AvgIpc) is 3.17. The van der Waals surface area contributed by atoms with Gasteiger partial charge in [-0.15, -0.1) is 0 Å². The van der Waals surface area contributed by atoms with Crippen LogP contribution in [0.3, 0.4) is 0 Å². The van der Waals surface area contributed by atoms with Crippen LogP contribution in [0, 0.1) is 0 Å². The number of fused-ring (bicyclic) bond motifs is 1. The largest absolute Gasteiger partial charge is 0.459 e. The van der Waals surface area contributed by atoms with E-state index < -0.39 is 0 Å². The molecule has 1 aromatic carbocycles. The van der Waals surface area contributed by atoms with Crippen molar-refractivity contribution >= 4 is 11.6 Å². The molecule has 0 saturated heterocycles. The molecule has 5 nitrogen and oxygen atoms in total. The molecule has 0 radical (unpaired) electrons. The van der Waals surface area contributed by atoms with Gasteiger partial charge in [-0.1, -0.05) is 18.2 Å². The number of hydrogen-bond donors (Lipinski definition) is 1. The van der Waals surface area contributed by atoms with Crippen LogP contribution in [-0.4, -0.2) is 44.0 Å². The molecule has 1 N–H and O–H groups in total. The molecule has 0 unspecified atom stereocenters. The molecule has 0 aliphatic carbocycles. The summed E-state index contributed by atoms with van der Waals surface area (Å²) in [5, 5.41) is 3.06. The molecule has 1 aliphatic rings. The Balaban J connectivity index is 1.78. The fraction of sp³-hybridized carbons (Fsp3) is 0.421. The number of anilines is 1. The summed E-state index contributed by atoms with van der Waals surface area (Å²) < 4.78 is 5.52. The number of carbonyl (C=O) groups is 1. The first-order valence-corrected chi connectivity index (χ1v) is 8.42. The van der Waals surface area contributed by atoms with Crippen LogP contribution < -0.4 is 10.2 Å². The molecular weight excluding hydrogens is 302 g/mol. The fourth-order valence-corrected chi connectivity index (χ4v) is 3.26. The molecule has 1 amide bonds. The summed E-state index contributed by atoms with van der Waals surface area (Å²) >= 11 is 0. The van der Waals surface area contributed by atoms with Gasteiger partial charge >= 0.3 is 0 Å². The van der Waals surface area contributed by atoms with Gasteiger partial charge in [0.1, 0.15) is 0 Å². The Labute approximate surface area is 143 Å². The van der Waals surface area contributed by atoms with Crippen LogP contribution in [0.25, 0.3) is 0 Å². The number of furan rings is 1. The maximum absolute atomic E-state index is 12.6. The molecule has 0 saturated carbocycles. The van der Waals surface area contributed by atoms with Gasteiger partial charge in [-0.3, -0.25) is 4.79 Å². The highest BCUT2D eigenvalue weighted by atomic mass is 16.3. The van der Waals surface area contributed by atoms with Crippen LogP contribution in [0.1, 0.15) is 28.6 Å². The van der Waals surface area contributed by atoms with Gasteiger partial charge in [-0.2, -0.15) is 0 Å². The van der Waals surface area contributed by atoms with E-state index in [4.69, 9.17) is 4.42 Å². The minimum Gasteiger partial charge on any atom is -0.459 e. The molecular formula is C19H25N3O2. The number of benzene rings is 1. The van der Waals surface area contributed by atoms with E-state index in [0.29, 0.717) is 24.9 Å². The van der Waals surface area contributed by atoms with Gasteiger partial charge in [-0.05, 0) is 38.1 Å². The van der Waals surface area contributed by atoms with Gasteiger partial charge in [0.25, 0.3) is 5.91 Å². The second-order valence-corrected chi connectivity index (χ2v) is 6.41. The lowest BCUT2D eigenvalue weighted by atomic mass is 10.1. The summed E-state index contributed by atoms with van der Waals surface area (Å²) in [6, 6.07) is 10.8. The second-order valence-electron chi connectivity index (χ2n) is 6.41. The fourth-order valence-electron chi connectivity index (χ4n) is 3.26. The monoisotopic (exact) mass is 327 g/mol. The van der Waals surface area contributed by atoms with Gasteiger partial charge in [0.2, 0.25) is 0 Å². The molecule has 0 bridgehead atoms. The Morgan fingerprint density at radius 1 is 1.38 bits per heavy atom. The first-order chi connectivity index (χ1) is 11.6. The van der Waals surface area contributed by atoms with Crippen molar-refractivity contribution in [3.8, 4) is 0 Å². The topological polar surface area (TPSA) is 48.7 Å². The third kappa shape index (κ3) is 3.17. The normalized spacial score (nSPS) is 16.3. The quantitative estimate of drug-likeness (QED) is 0.886. The van der Waals surface area contributed by atoms with E-state index in [2.05, 4.69) is 41.4 Å².